The lowest BCUT2D eigenvalue weighted by molar-refractivity contribution is -0.120. The Bertz CT molecular complexity index is 1010. The number of nitrogens with zero attached hydrogens (tertiary/aromatic N) is 1. The van der Waals surface area contributed by atoms with Gasteiger partial charge in [0.15, 0.2) is 0 Å². The van der Waals surface area contributed by atoms with Gasteiger partial charge in [0.2, 0.25) is 5.91 Å². The first-order chi connectivity index (χ1) is 13.9. The first-order valence-electron chi connectivity index (χ1n) is 9.67. The number of carbonyl (C=O) groups is 1. The molecule has 1 N–H and O–H groups in total. The van der Waals surface area contributed by atoms with Crippen molar-refractivity contribution in [2.24, 2.45) is 11.8 Å². The molecule has 2 saturated carbocycles. The fourth-order valence-electron chi connectivity index (χ4n) is 4.51. The molecule has 2 aromatic rings. The summed E-state index contributed by atoms with van der Waals surface area (Å²) in [5, 5.41) is 3.37. The van der Waals surface area contributed by atoms with Crippen molar-refractivity contribution in [2.75, 3.05) is 10.8 Å². The van der Waals surface area contributed by atoms with Gasteiger partial charge in [-0.2, -0.15) is 0 Å². The van der Waals surface area contributed by atoms with E-state index in [1.807, 2.05) is 0 Å². The maximum Gasteiger partial charge on any atom is 0.264 e. The highest BCUT2D eigenvalue weighted by atomic mass is 35.5. The van der Waals surface area contributed by atoms with Crippen LogP contribution in [0.5, 0.6) is 0 Å². The van der Waals surface area contributed by atoms with Gasteiger partial charge in [0.1, 0.15) is 6.54 Å². The van der Waals surface area contributed by atoms with E-state index >= 15 is 0 Å². The second-order valence-corrected chi connectivity index (χ2v) is 10.4. The third kappa shape index (κ3) is 4.11. The van der Waals surface area contributed by atoms with Gasteiger partial charge in [0.25, 0.3) is 10.0 Å². The second kappa shape index (κ2) is 8.17. The van der Waals surface area contributed by atoms with Crippen molar-refractivity contribution < 1.29 is 13.2 Å². The highest BCUT2D eigenvalue weighted by Gasteiger charge is 2.40. The number of hydrogen-bond acceptors (Lipinski definition) is 3. The Labute approximate surface area is 181 Å². The normalized spacial score (nSPS) is 23.2. The summed E-state index contributed by atoms with van der Waals surface area (Å²) >= 11 is 12.4. The Balaban J connectivity index is 1.63. The van der Waals surface area contributed by atoms with Crippen molar-refractivity contribution in [1.82, 2.24) is 5.32 Å². The first kappa shape index (κ1) is 20.5. The third-order valence-corrected chi connectivity index (χ3v) is 8.49. The van der Waals surface area contributed by atoms with Crippen LogP contribution in [-0.2, 0) is 14.8 Å². The van der Waals surface area contributed by atoms with E-state index in [4.69, 9.17) is 23.2 Å². The molecule has 2 aliphatic rings. The molecule has 0 aromatic heterocycles. The standard InChI is InChI=1S/C21H22Cl2N2O3S/c22-17-7-4-8-19(21(17)23)25(29(27,28)16-5-2-1-3-6-16)13-20(26)24-18-12-14-9-10-15(18)11-14/h1-8,14-15,18H,9-13H2,(H,24,26)/t14-,15-,18+/m0/s1. The van der Waals surface area contributed by atoms with Crippen LogP contribution in [-0.4, -0.2) is 26.9 Å². The molecule has 2 aliphatic carbocycles. The molecule has 0 aliphatic heterocycles. The number of sulfonamides is 1. The van der Waals surface area contributed by atoms with Crippen molar-refractivity contribution >= 4 is 44.8 Å². The fourth-order valence-corrected chi connectivity index (χ4v) is 6.41. The minimum Gasteiger partial charge on any atom is -0.352 e. The molecule has 0 spiro atoms. The van der Waals surface area contributed by atoms with E-state index in [0.29, 0.717) is 11.8 Å². The summed E-state index contributed by atoms with van der Waals surface area (Å²) in [5.74, 6) is 0.841. The zero-order valence-corrected chi connectivity index (χ0v) is 18.1. The number of fused-ring (bicyclic) bond motifs is 2. The molecule has 2 aromatic carbocycles. The smallest absolute Gasteiger partial charge is 0.264 e. The van der Waals surface area contributed by atoms with Crippen LogP contribution in [0.15, 0.2) is 53.4 Å². The summed E-state index contributed by atoms with van der Waals surface area (Å²) in [6.45, 7) is -0.356. The molecule has 3 atom stereocenters. The zero-order valence-electron chi connectivity index (χ0n) is 15.7. The highest BCUT2D eigenvalue weighted by molar-refractivity contribution is 7.92. The molecule has 4 rings (SSSR count). The monoisotopic (exact) mass is 452 g/mol. The first-order valence-corrected chi connectivity index (χ1v) is 11.9. The minimum absolute atomic E-state index is 0.0868. The summed E-state index contributed by atoms with van der Waals surface area (Å²) < 4.78 is 27.7. The van der Waals surface area contributed by atoms with Crippen LogP contribution in [0.4, 0.5) is 5.69 Å². The average Bonchev–Trinajstić information content (AvgIpc) is 3.32. The van der Waals surface area contributed by atoms with Crippen molar-refractivity contribution in [2.45, 2.75) is 36.6 Å². The molecule has 0 saturated heterocycles. The van der Waals surface area contributed by atoms with Gasteiger partial charge in [-0.25, -0.2) is 8.42 Å². The van der Waals surface area contributed by atoms with E-state index in [1.165, 1.54) is 18.6 Å². The number of carbonyl (C=O) groups excluding carboxylic acids is 1. The fraction of sp³-hybridized carbons (Fsp3) is 0.381. The topological polar surface area (TPSA) is 66.5 Å². The lowest BCUT2D eigenvalue weighted by Gasteiger charge is -2.28. The highest BCUT2D eigenvalue weighted by Crippen LogP contribution is 2.44. The SMILES string of the molecule is O=C(CN(c1cccc(Cl)c1Cl)S(=O)(=O)c1ccccc1)N[C@@H]1C[C@H]2CC[C@H]1C2. The summed E-state index contributed by atoms with van der Waals surface area (Å²) in [6.07, 6.45) is 4.47. The number of rotatable bonds is 6. The maximum absolute atomic E-state index is 13.3. The predicted molar refractivity (Wildman–Crippen MR) is 115 cm³/mol. The largest absolute Gasteiger partial charge is 0.352 e. The van der Waals surface area contributed by atoms with Crippen molar-refractivity contribution in [3.05, 3.63) is 58.6 Å². The Hall–Kier alpha value is -1.76. The molecule has 5 nitrogen and oxygen atoms in total. The van der Waals surface area contributed by atoms with E-state index in [1.54, 1.807) is 36.4 Å². The number of benzene rings is 2. The molecule has 1 amide bonds. The van der Waals surface area contributed by atoms with Crippen molar-refractivity contribution in [3.8, 4) is 0 Å². The Morgan fingerprint density at radius 1 is 1.03 bits per heavy atom. The average molecular weight is 453 g/mol. The van der Waals surface area contributed by atoms with E-state index in [9.17, 15) is 13.2 Å². The molecule has 0 radical (unpaired) electrons. The molecule has 0 heterocycles. The molecule has 29 heavy (non-hydrogen) atoms. The maximum atomic E-state index is 13.3. The molecular weight excluding hydrogens is 431 g/mol. The van der Waals surface area contributed by atoms with Gasteiger partial charge in [-0.15, -0.1) is 0 Å². The van der Waals surface area contributed by atoms with Crippen LogP contribution in [0, 0.1) is 11.8 Å². The van der Waals surface area contributed by atoms with Gasteiger partial charge in [0.05, 0.1) is 20.6 Å². The van der Waals surface area contributed by atoms with Crippen molar-refractivity contribution in [1.29, 1.82) is 0 Å². The molecule has 0 unspecified atom stereocenters. The Morgan fingerprint density at radius 3 is 2.45 bits per heavy atom. The quantitative estimate of drug-likeness (QED) is 0.701. The van der Waals surface area contributed by atoms with Gasteiger partial charge in [-0.3, -0.25) is 9.10 Å². The lowest BCUT2D eigenvalue weighted by Crippen LogP contribution is -2.46. The number of nitrogens with one attached hydrogen (secondary N) is 1. The molecule has 8 heteroatoms. The van der Waals surface area contributed by atoms with E-state index in [-0.39, 0.29) is 39.1 Å². The van der Waals surface area contributed by atoms with E-state index in [0.717, 1.165) is 23.6 Å². The van der Waals surface area contributed by atoms with Crippen molar-refractivity contribution in [3.63, 3.8) is 0 Å². The van der Waals surface area contributed by atoms with Gasteiger partial charge in [-0.1, -0.05) is 53.9 Å². The van der Waals surface area contributed by atoms with Crippen LogP contribution in [0.3, 0.4) is 0 Å². The molecular formula is C21H22Cl2N2O3S. The third-order valence-electron chi connectivity index (χ3n) is 5.90. The van der Waals surface area contributed by atoms with E-state index in [2.05, 4.69) is 5.32 Å². The van der Waals surface area contributed by atoms with Gasteiger partial charge in [-0.05, 0) is 55.4 Å². The Morgan fingerprint density at radius 2 is 1.79 bits per heavy atom. The summed E-state index contributed by atoms with van der Waals surface area (Å²) in [6, 6.07) is 12.9. The Kier molecular flexibility index (Phi) is 5.78. The van der Waals surface area contributed by atoms with Gasteiger partial charge in [0, 0.05) is 6.04 Å². The molecule has 154 valence electrons. The van der Waals surface area contributed by atoms with Crippen LogP contribution in [0.25, 0.3) is 0 Å². The zero-order chi connectivity index (χ0) is 20.6. The minimum atomic E-state index is -4.00. The number of anilines is 1. The van der Waals surface area contributed by atoms with Gasteiger partial charge >= 0.3 is 0 Å². The summed E-state index contributed by atoms with van der Waals surface area (Å²) in [5.41, 5.74) is 0.186. The number of amides is 1. The van der Waals surface area contributed by atoms with Crippen LogP contribution >= 0.6 is 23.2 Å². The second-order valence-electron chi connectivity index (χ2n) is 7.75. The van der Waals surface area contributed by atoms with E-state index < -0.39 is 10.0 Å². The van der Waals surface area contributed by atoms with Gasteiger partial charge < -0.3 is 5.32 Å². The molecule has 2 bridgehead atoms. The summed E-state index contributed by atoms with van der Waals surface area (Å²) in [4.78, 5) is 12.9. The summed E-state index contributed by atoms with van der Waals surface area (Å²) in [7, 11) is -4.00. The predicted octanol–water partition coefficient (Wildman–Crippen LogP) is 4.49. The van der Waals surface area contributed by atoms with Crippen LogP contribution < -0.4 is 9.62 Å². The van der Waals surface area contributed by atoms with Crippen LogP contribution in [0.2, 0.25) is 10.0 Å². The number of hydrogen-bond donors (Lipinski definition) is 1. The molecule has 2 fully saturated rings. The number of halogens is 2. The lowest BCUT2D eigenvalue weighted by atomic mass is 9.95. The van der Waals surface area contributed by atoms with Crippen LogP contribution in [0.1, 0.15) is 25.7 Å².